The van der Waals surface area contributed by atoms with Crippen LogP contribution in [0.25, 0.3) is 71.3 Å². The molecule has 0 heterocycles. The second-order valence-electron chi connectivity index (χ2n) is 16.0. The molecule has 0 aromatic heterocycles. The number of allylic oxidation sites excluding steroid dienone is 11. The predicted molar refractivity (Wildman–Crippen MR) is 271 cm³/mol. The Morgan fingerprint density at radius 2 is 1.26 bits per heavy atom. The van der Waals surface area contributed by atoms with Crippen molar-refractivity contribution in [1.82, 2.24) is 0 Å². The van der Waals surface area contributed by atoms with Gasteiger partial charge in [0.2, 0.25) is 0 Å². The van der Waals surface area contributed by atoms with Gasteiger partial charge in [-0.3, -0.25) is 4.99 Å². The van der Waals surface area contributed by atoms with Gasteiger partial charge in [0.1, 0.15) is 0 Å². The van der Waals surface area contributed by atoms with Crippen molar-refractivity contribution in [1.29, 1.82) is 0 Å². The summed E-state index contributed by atoms with van der Waals surface area (Å²) in [5.41, 5.74) is 15.5. The molecule has 0 N–H and O–H groups in total. The lowest BCUT2D eigenvalue weighted by Crippen LogP contribution is -2.14. The molecule has 0 saturated heterocycles. The predicted octanol–water partition coefficient (Wildman–Crippen LogP) is 17.2. The zero-order chi connectivity index (χ0) is 43.1. The van der Waals surface area contributed by atoms with Crippen molar-refractivity contribution in [2.75, 3.05) is 0 Å². The number of aliphatic imine (C=N–C) groups is 1. The van der Waals surface area contributed by atoms with Crippen LogP contribution in [0.5, 0.6) is 0 Å². The van der Waals surface area contributed by atoms with Crippen LogP contribution in [0.3, 0.4) is 0 Å². The highest BCUT2D eigenvalue weighted by molar-refractivity contribution is 6.28. The molecule has 0 radical (unpaired) electrons. The summed E-state index contributed by atoms with van der Waals surface area (Å²) in [5, 5.41) is 7.64. The van der Waals surface area contributed by atoms with Crippen LogP contribution in [-0.2, 0) is 5.41 Å². The number of nitrogens with zero attached hydrogens (tertiary/aromatic N) is 1. The van der Waals surface area contributed by atoms with Crippen molar-refractivity contribution in [3.63, 3.8) is 0 Å². The first-order valence-electron chi connectivity index (χ1n) is 21.2. The number of rotatable bonds is 11. The Balaban J connectivity index is 0.000000739. The first-order chi connectivity index (χ1) is 29.7. The number of hydrogen-bond acceptors (Lipinski definition) is 1. The lowest BCUT2D eigenvalue weighted by atomic mass is 9.82. The molecule has 0 aliphatic heterocycles. The lowest BCUT2D eigenvalue weighted by molar-refractivity contribution is 0.660. The minimum Gasteiger partial charge on any atom is -0.264 e. The van der Waals surface area contributed by atoms with Gasteiger partial charge < -0.3 is 0 Å². The van der Waals surface area contributed by atoms with Gasteiger partial charge in [-0.15, -0.1) is 0 Å². The number of fused-ring (bicyclic) bond motifs is 9. The molecule has 0 spiro atoms. The van der Waals surface area contributed by atoms with Gasteiger partial charge in [-0.2, -0.15) is 0 Å². The molecule has 8 rings (SSSR count). The average Bonchev–Trinajstić information content (AvgIpc) is 3.52. The van der Waals surface area contributed by atoms with Crippen LogP contribution >= 0.6 is 0 Å². The smallest absolute Gasteiger partial charge is 0.0700 e. The van der Waals surface area contributed by atoms with E-state index in [0.717, 1.165) is 34.4 Å². The third-order valence-electron chi connectivity index (χ3n) is 11.8. The largest absolute Gasteiger partial charge is 0.264 e. The standard InChI is InChI=1S/C53H45N.C7H10/c1-7-16-35(17-8-2)51(54-6)34-36(18-9-3)37-19-14-20-38(31-37)39-27-29-46-47(32-39)43-22-11-10-21-42(43)45-25-15-24-41(52(45)46)40-28-30-50-48(33-40)44-23-12-13-26-49(44)53(50,4)5;1-4-6-7(3)5-2/h7-8,10-34H,1,6,9H2,2-5H3;4-6H,1-2H2,3H3/b17-8-,35-16+,36-18-,51-34-;7-6-. The molecule has 7 aromatic rings. The van der Waals surface area contributed by atoms with E-state index in [9.17, 15) is 0 Å². The molecular weight excluding hydrogens is 735 g/mol. The summed E-state index contributed by atoms with van der Waals surface area (Å²) < 4.78 is 0. The lowest BCUT2D eigenvalue weighted by Gasteiger charge is -2.21. The summed E-state index contributed by atoms with van der Waals surface area (Å²) in [5.74, 6) is 0. The molecule has 0 fully saturated rings. The fourth-order valence-corrected chi connectivity index (χ4v) is 8.83. The van der Waals surface area contributed by atoms with Gasteiger partial charge in [-0.25, -0.2) is 0 Å². The van der Waals surface area contributed by atoms with Crippen molar-refractivity contribution in [2.45, 2.75) is 46.5 Å². The van der Waals surface area contributed by atoms with E-state index in [-0.39, 0.29) is 5.41 Å². The Kier molecular flexibility index (Phi) is 12.7. The Hall–Kier alpha value is -7.09. The molecule has 1 aliphatic rings. The zero-order valence-electron chi connectivity index (χ0n) is 36.3. The quantitative estimate of drug-likeness (QED) is 0.0703. The molecule has 1 aliphatic carbocycles. The topological polar surface area (TPSA) is 12.4 Å². The highest BCUT2D eigenvalue weighted by Gasteiger charge is 2.35. The van der Waals surface area contributed by atoms with E-state index in [2.05, 4.69) is 192 Å². The second kappa shape index (κ2) is 18.4. The van der Waals surface area contributed by atoms with Gasteiger partial charge in [0.15, 0.2) is 0 Å². The molecule has 300 valence electrons. The summed E-state index contributed by atoms with van der Waals surface area (Å²) in [7, 11) is 0. The van der Waals surface area contributed by atoms with E-state index in [1.165, 1.54) is 76.8 Å². The third-order valence-corrected chi connectivity index (χ3v) is 11.8. The van der Waals surface area contributed by atoms with Gasteiger partial charge in [0, 0.05) is 5.41 Å². The van der Waals surface area contributed by atoms with Crippen LogP contribution in [0.1, 0.15) is 57.7 Å². The van der Waals surface area contributed by atoms with Crippen LogP contribution in [0, 0.1) is 0 Å². The minimum atomic E-state index is -0.0219. The van der Waals surface area contributed by atoms with Crippen molar-refractivity contribution in [3.8, 4) is 33.4 Å². The molecule has 0 saturated carbocycles. The first-order valence-corrected chi connectivity index (χ1v) is 21.2. The zero-order valence-corrected chi connectivity index (χ0v) is 36.3. The van der Waals surface area contributed by atoms with Gasteiger partial charge >= 0.3 is 0 Å². The molecular formula is C60H55N. The summed E-state index contributed by atoms with van der Waals surface area (Å²) in [6.07, 6.45) is 18.6. The SMILES string of the molecule is C=C/C=C(/C)C=C.C=C/C=C(\C=C/C)C(=C/C(=C/CC)c1cccc(-c2ccc3c(c2)c2ccccc2c2cccc(-c4ccc5c(c4)-c4ccccc4C5(C)C)c23)c1)/N=C. The second-order valence-corrected chi connectivity index (χ2v) is 16.0. The van der Waals surface area contributed by atoms with Crippen LogP contribution in [0.2, 0.25) is 0 Å². The third kappa shape index (κ3) is 8.25. The van der Waals surface area contributed by atoms with Crippen molar-refractivity contribution >= 4 is 44.6 Å². The maximum atomic E-state index is 4.41. The first kappa shape index (κ1) is 42.0. The fraction of sp³-hybridized carbons (Fsp3) is 0.117. The van der Waals surface area contributed by atoms with Crippen LogP contribution < -0.4 is 0 Å². The molecule has 0 amide bonds. The van der Waals surface area contributed by atoms with Crippen molar-refractivity contribution < 1.29 is 0 Å². The van der Waals surface area contributed by atoms with Gasteiger partial charge in [-0.05, 0) is 145 Å². The maximum absolute atomic E-state index is 4.41. The normalized spacial score (nSPS) is 13.8. The van der Waals surface area contributed by atoms with Crippen molar-refractivity contribution in [2.24, 2.45) is 4.99 Å². The van der Waals surface area contributed by atoms with Crippen LogP contribution in [-0.4, -0.2) is 6.72 Å². The van der Waals surface area contributed by atoms with Gasteiger partial charge in [0.05, 0.1) is 5.70 Å². The van der Waals surface area contributed by atoms with Gasteiger partial charge in [0.25, 0.3) is 0 Å². The average molecular weight is 790 g/mol. The Labute approximate surface area is 363 Å². The fourth-order valence-electron chi connectivity index (χ4n) is 8.83. The number of benzene rings is 7. The monoisotopic (exact) mass is 789 g/mol. The van der Waals surface area contributed by atoms with E-state index >= 15 is 0 Å². The Bertz CT molecular complexity index is 3010. The van der Waals surface area contributed by atoms with Gasteiger partial charge in [-0.1, -0.05) is 204 Å². The molecule has 61 heavy (non-hydrogen) atoms. The molecule has 1 heteroatoms. The van der Waals surface area contributed by atoms with Crippen LogP contribution in [0.4, 0.5) is 0 Å². The minimum absolute atomic E-state index is 0.0219. The van der Waals surface area contributed by atoms with E-state index in [4.69, 9.17) is 0 Å². The molecule has 1 nitrogen and oxygen atoms in total. The van der Waals surface area contributed by atoms with E-state index in [1.807, 2.05) is 38.2 Å². The summed E-state index contributed by atoms with van der Waals surface area (Å²) in [6.45, 7) is 25.7. The Morgan fingerprint density at radius 3 is 1.97 bits per heavy atom. The summed E-state index contributed by atoms with van der Waals surface area (Å²) in [4.78, 5) is 4.41. The van der Waals surface area contributed by atoms with Crippen molar-refractivity contribution in [3.05, 3.63) is 235 Å². The molecule has 0 atom stereocenters. The molecule has 0 bridgehead atoms. The maximum Gasteiger partial charge on any atom is 0.0700 e. The summed E-state index contributed by atoms with van der Waals surface area (Å²) >= 11 is 0. The molecule has 7 aromatic carbocycles. The van der Waals surface area contributed by atoms with E-state index in [0.29, 0.717) is 0 Å². The van der Waals surface area contributed by atoms with E-state index in [1.54, 1.807) is 18.2 Å². The highest BCUT2D eigenvalue weighted by atomic mass is 14.7. The van der Waals surface area contributed by atoms with Crippen LogP contribution in [0.15, 0.2) is 224 Å². The summed E-state index contributed by atoms with van der Waals surface area (Å²) in [6, 6.07) is 47.6. The Morgan fingerprint density at radius 1 is 0.623 bits per heavy atom. The molecule has 0 unspecified atom stereocenters. The number of hydrogen-bond donors (Lipinski definition) is 0. The highest BCUT2D eigenvalue weighted by Crippen LogP contribution is 2.50. The van der Waals surface area contributed by atoms with E-state index < -0.39 is 0 Å².